The summed E-state index contributed by atoms with van der Waals surface area (Å²) in [5, 5.41) is 5.74. The third-order valence-electron chi connectivity index (χ3n) is 8.76. The van der Waals surface area contributed by atoms with Crippen molar-refractivity contribution in [3.63, 3.8) is 0 Å². The lowest BCUT2D eigenvalue weighted by molar-refractivity contribution is -0.135. The van der Waals surface area contributed by atoms with Gasteiger partial charge in [-0.1, -0.05) is 43.0 Å². The number of piperidine rings is 1. The highest BCUT2D eigenvalue weighted by Crippen LogP contribution is 2.29. The van der Waals surface area contributed by atoms with Crippen molar-refractivity contribution in [2.75, 3.05) is 27.2 Å². The molecule has 38 heavy (non-hydrogen) atoms. The molecule has 3 aliphatic rings. The molecule has 0 unspecified atom stereocenters. The third kappa shape index (κ3) is 7.62. The zero-order chi connectivity index (χ0) is 27.1. The van der Waals surface area contributed by atoms with Gasteiger partial charge in [0.2, 0.25) is 5.91 Å². The third-order valence-corrected chi connectivity index (χ3v) is 9.01. The number of carbonyl (C=O) groups is 2. The summed E-state index contributed by atoms with van der Waals surface area (Å²) in [4.78, 5) is 36.5. The minimum atomic E-state index is -0.289. The van der Waals surface area contributed by atoms with Crippen LogP contribution in [0.1, 0.15) is 76.2 Å². The summed E-state index contributed by atoms with van der Waals surface area (Å²) in [6.45, 7) is 1.32. The summed E-state index contributed by atoms with van der Waals surface area (Å²) in [5.41, 5.74) is 7.22. The second-order valence-electron chi connectivity index (χ2n) is 11.4. The maximum Gasteiger partial charge on any atom is 0.344 e. The van der Waals surface area contributed by atoms with E-state index in [0.29, 0.717) is 30.6 Å². The number of likely N-dealkylation sites (tertiary alicyclic amines) is 1. The number of amides is 3. The lowest BCUT2D eigenvalue weighted by Gasteiger charge is -2.45. The van der Waals surface area contributed by atoms with E-state index in [2.05, 4.69) is 10.2 Å². The monoisotopic (exact) mass is 547 g/mol. The zero-order valence-corrected chi connectivity index (χ0v) is 23.9. The van der Waals surface area contributed by atoms with Crippen molar-refractivity contribution >= 4 is 23.5 Å². The molecule has 3 fully saturated rings. The molecule has 0 spiro atoms. The fourth-order valence-corrected chi connectivity index (χ4v) is 6.57. The number of rotatable bonds is 8. The van der Waals surface area contributed by atoms with Crippen LogP contribution in [0.2, 0.25) is 5.02 Å². The van der Waals surface area contributed by atoms with Gasteiger partial charge in [0.1, 0.15) is 0 Å². The molecule has 1 atom stereocenters. The van der Waals surface area contributed by atoms with Crippen molar-refractivity contribution < 1.29 is 14.4 Å². The molecule has 8 nitrogen and oxygen atoms in total. The van der Waals surface area contributed by atoms with Crippen molar-refractivity contribution in [3.05, 3.63) is 34.9 Å². The van der Waals surface area contributed by atoms with Crippen LogP contribution in [0.4, 0.5) is 4.79 Å². The number of carbonyl (C=O) groups excluding carboxylic acids is 2. The van der Waals surface area contributed by atoms with E-state index in [1.165, 1.54) is 18.6 Å². The molecule has 3 N–H and O–H groups in total. The van der Waals surface area contributed by atoms with Crippen LogP contribution in [0.15, 0.2) is 24.3 Å². The highest BCUT2D eigenvalue weighted by atomic mass is 35.5. The molecule has 2 saturated carbocycles. The van der Waals surface area contributed by atoms with Crippen LogP contribution in [0.25, 0.3) is 0 Å². The van der Waals surface area contributed by atoms with Crippen molar-refractivity contribution in [1.29, 1.82) is 0 Å². The molecule has 0 radical (unpaired) electrons. The number of nitrogens with one attached hydrogen (secondary N) is 1. The summed E-state index contributed by atoms with van der Waals surface area (Å²) in [7, 11) is 3.22. The van der Waals surface area contributed by atoms with Gasteiger partial charge in [-0.15, -0.1) is 0 Å². The maximum atomic E-state index is 13.9. The Morgan fingerprint density at radius 3 is 2.21 bits per heavy atom. The number of hydroxylamine groups is 2. The second kappa shape index (κ2) is 14.0. The molecule has 0 bridgehead atoms. The van der Waals surface area contributed by atoms with E-state index in [0.717, 1.165) is 69.8 Å². The largest absolute Gasteiger partial charge is 0.344 e. The van der Waals surface area contributed by atoms with E-state index in [1.54, 1.807) is 7.05 Å². The molecular weight excluding hydrogens is 502 g/mol. The number of nitrogens with two attached hydrogens (primary N) is 1. The Morgan fingerprint density at radius 2 is 1.61 bits per heavy atom. The topological polar surface area (TPSA) is 91.1 Å². The van der Waals surface area contributed by atoms with E-state index in [4.69, 9.17) is 22.2 Å². The average Bonchev–Trinajstić information content (AvgIpc) is 2.95. The number of hydrogen-bond donors (Lipinski definition) is 2. The summed E-state index contributed by atoms with van der Waals surface area (Å²) >= 11 is 6.11. The molecule has 1 aromatic rings. The first-order valence-electron chi connectivity index (χ1n) is 14.5. The van der Waals surface area contributed by atoms with Gasteiger partial charge >= 0.3 is 6.03 Å². The first-order chi connectivity index (χ1) is 18.4. The fraction of sp³-hybridized carbons (Fsp3) is 0.724. The number of halogens is 1. The average molecular weight is 548 g/mol. The first kappa shape index (κ1) is 29.1. The van der Waals surface area contributed by atoms with E-state index in [9.17, 15) is 9.59 Å². The molecule has 0 aromatic heterocycles. The van der Waals surface area contributed by atoms with E-state index in [-0.39, 0.29) is 36.1 Å². The maximum absolute atomic E-state index is 13.9. The quantitative estimate of drug-likeness (QED) is 0.472. The van der Waals surface area contributed by atoms with Gasteiger partial charge in [-0.3, -0.25) is 9.63 Å². The van der Waals surface area contributed by atoms with E-state index in [1.807, 2.05) is 29.2 Å². The lowest BCUT2D eigenvalue weighted by Crippen LogP contribution is -2.58. The van der Waals surface area contributed by atoms with Crippen LogP contribution in [0.3, 0.4) is 0 Å². The molecule has 1 saturated heterocycles. The predicted octanol–water partition coefficient (Wildman–Crippen LogP) is 4.35. The van der Waals surface area contributed by atoms with Crippen molar-refractivity contribution in [1.82, 2.24) is 20.2 Å². The number of benzene rings is 1. The van der Waals surface area contributed by atoms with Crippen LogP contribution < -0.4 is 11.1 Å². The number of nitrogens with zero attached hydrogens (tertiary/aromatic N) is 3. The lowest BCUT2D eigenvalue weighted by atomic mass is 9.90. The van der Waals surface area contributed by atoms with Gasteiger partial charge in [0.05, 0.1) is 13.2 Å². The van der Waals surface area contributed by atoms with Gasteiger partial charge in [0.25, 0.3) is 0 Å². The van der Waals surface area contributed by atoms with Crippen molar-refractivity contribution in [3.8, 4) is 0 Å². The Hall–Kier alpha value is -1.87. The summed E-state index contributed by atoms with van der Waals surface area (Å²) in [6.07, 6.45) is 11.8. The van der Waals surface area contributed by atoms with Crippen LogP contribution in [-0.4, -0.2) is 84.3 Å². The molecule has 1 heterocycles. The van der Waals surface area contributed by atoms with Crippen LogP contribution in [-0.2, 0) is 16.1 Å². The van der Waals surface area contributed by atoms with E-state index < -0.39 is 0 Å². The first-order valence-corrected chi connectivity index (χ1v) is 14.9. The van der Waals surface area contributed by atoms with Gasteiger partial charge in [0, 0.05) is 49.3 Å². The van der Waals surface area contributed by atoms with Crippen LogP contribution in [0, 0.1) is 0 Å². The Balaban J connectivity index is 1.42. The van der Waals surface area contributed by atoms with Gasteiger partial charge in [-0.25, -0.2) is 9.86 Å². The van der Waals surface area contributed by atoms with Crippen molar-refractivity contribution in [2.24, 2.45) is 5.73 Å². The molecular formula is C29H46ClN5O3. The standard InChI is InChI=1S/C29H46ClN5O3/c1-33(38-2)29(37)35(25-6-4-3-5-7-25)26-16-18-34(19-17-26)28(36)27(20-21-8-10-22(30)11-9-21)32-24-14-12-23(31)13-15-24/h8-11,23-27,32H,3-7,12-20,31H2,1-2H3/t23?,24?,27-/m1/s1. The summed E-state index contributed by atoms with van der Waals surface area (Å²) in [6, 6.07) is 8.37. The second-order valence-corrected chi connectivity index (χ2v) is 11.8. The Kier molecular flexibility index (Phi) is 10.7. The normalized spacial score (nSPS) is 24.2. The van der Waals surface area contributed by atoms with Gasteiger partial charge < -0.3 is 20.9 Å². The van der Waals surface area contributed by atoms with Crippen LogP contribution >= 0.6 is 11.6 Å². The molecule has 9 heteroatoms. The van der Waals surface area contributed by atoms with Gasteiger partial charge in [-0.05, 0) is 75.5 Å². The Morgan fingerprint density at radius 1 is 1.00 bits per heavy atom. The van der Waals surface area contributed by atoms with E-state index >= 15 is 0 Å². The summed E-state index contributed by atoms with van der Waals surface area (Å²) < 4.78 is 0. The highest BCUT2D eigenvalue weighted by molar-refractivity contribution is 6.30. The van der Waals surface area contributed by atoms with Gasteiger partial charge in [0.15, 0.2) is 0 Å². The summed E-state index contributed by atoms with van der Waals surface area (Å²) in [5.74, 6) is 0.151. The van der Waals surface area contributed by atoms with Crippen molar-refractivity contribution in [2.45, 2.75) is 107 Å². The number of urea groups is 1. The van der Waals surface area contributed by atoms with Gasteiger partial charge in [-0.2, -0.15) is 0 Å². The highest BCUT2D eigenvalue weighted by Gasteiger charge is 2.37. The molecule has 1 aliphatic heterocycles. The minimum absolute atomic E-state index is 0.0676. The SMILES string of the molecule is CON(C)C(=O)N(C1CCCCC1)C1CCN(C(=O)[C@@H](Cc2ccc(Cl)cc2)NC2CCC(N)CC2)CC1. The molecule has 3 amide bonds. The smallest absolute Gasteiger partial charge is 0.341 e. The minimum Gasteiger partial charge on any atom is -0.341 e. The number of hydrogen-bond acceptors (Lipinski definition) is 5. The molecule has 2 aliphatic carbocycles. The Labute approximate surface area is 233 Å². The molecule has 212 valence electrons. The Bertz CT molecular complexity index is 894. The molecule has 1 aromatic carbocycles. The fourth-order valence-electron chi connectivity index (χ4n) is 6.44. The zero-order valence-electron chi connectivity index (χ0n) is 23.1. The molecule has 4 rings (SSSR count). The van der Waals surface area contributed by atoms with Crippen LogP contribution in [0.5, 0.6) is 0 Å². The predicted molar refractivity (Wildman–Crippen MR) is 151 cm³/mol.